The molecule has 1 heterocycles. The molecule has 0 aromatic heterocycles. The molecule has 2 aliphatic rings. The lowest BCUT2D eigenvalue weighted by molar-refractivity contribution is -0.277. The van der Waals surface area contributed by atoms with Crippen molar-refractivity contribution in [3.05, 3.63) is 52.1 Å². The third-order valence-corrected chi connectivity index (χ3v) is 5.61. The largest absolute Gasteiger partial charge is 0.507 e. The van der Waals surface area contributed by atoms with E-state index in [1.165, 1.54) is 31.4 Å². The van der Waals surface area contributed by atoms with E-state index in [-0.39, 0.29) is 39.5 Å². The van der Waals surface area contributed by atoms with Gasteiger partial charge in [0.05, 0.1) is 24.8 Å². The molecule has 1 saturated heterocycles. The normalized spacial score (nSPS) is 27.0. The third-order valence-electron chi connectivity index (χ3n) is 5.61. The number of carbonyl (C=O) groups is 2. The maximum Gasteiger partial charge on any atom is 0.229 e. The fraction of sp³-hybridized carbons (Fsp3) is 0.364. The predicted octanol–water partition coefficient (Wildman–Crippen LogP) is -0.337. The summed E-state index contributed by atoms with van der Waals surface area (Å²) in [6.45, 7) is 1.01. The summed E-state index contributed by atoms with van der Waals surface area (Å²) in [6.07, 6.45) is -7.84. The minimum atomic E-state index is -1.73. The molecule has 1 aliphatic heterocycles. The van der Waals surface area contributed by atoms with Gasteiger partial charge in [0, 0.05) is 17.2 Å². The van der Waals surface area contributed by atoms with Crippen LogP contribution in [0.3, 0.4) is 0 Å². The highest BCUT2D eigenvalue weighted by Gasteiger charge is 2.45. The zero-order valence-electron chi connectivity index (χ0n) is 17.2. The van der Waals surface area contributed by atoms with Crippen molar-refractivity contribution < 1.29 is 49.3 Å². The van der Waals surface area contributed by atoms with E-state index in [0.717, 1.165) is 0 Å². The van der Waals surface area contributed by atoms with Crippen molar-refractivity contribution in [2.75, 3.05) is 13.7 Å². The van der Waals surface area contributed by atoms with E-state index in [9.17, 15) is 35.1 Å². The van der Waals surface area contributed by atoms with Crippen molar-refractivity contribution in [1.82, 2.24) is 0 Å². The molecule has 2 aromatic rings. The number of rotatable bonds is 4. The highest BCUT2D eigenvalue weighted by Crippen LogP contribution is 2.40. The zero-order valence-corrected chi connectivity index (χ0v) is 17.2. The van der Waals surface area contributed by atoms with Crippen LogP contribution < -0.4 is 9.47 Å². The van der Waals surface area contributed by atoms with Gasteiger partial charge in [0.25, 0.3) is 0 Å². The summed E-state index contributed by atoms with van der Waals surface area (Å²) in [4.78, 5) is 26.5. The standard InChI is InChI=1S/C22H22O10/c1-8-3-10-15(12(24)4-8)19(27)16-11(17(10)25)5-9(30-2)6-13(16)31-22-21(29)20(28)18(26)14(7-23)32-22/h3-6,14,18,20-24,26,28-29H,7H2,1-2H3/t14?,18-,20?,21?,22-/m1/s1. The number of aryl methyl sites for hydroxylation is 1. The van der Waals surface area contributed by atoms with Gasteiger partial charge >= 0.3 is 0 Å². The number of hydrogen-bond acceptors (Lipinski definition) is 10. The van der Waals surface area contributed by atoms with Crippen LogP contribution in [-0.2, 0) is 4.74 Å². The molecule has 0 saturated carbocycles. The maximum absolute atomic E-state index is 13.3. The maximum atomic E-state index is 13.3. The lowest BCUT2D eigenvalue weighted by Gasteiger charge is -2.39. The summed E-state index contributed by atoms with van der Waals surface area (Å²) in [7, 11) is 1.35. The Morgan fingerprint density at radius 1 is 0.938 bits per heavy atom. The quantitative estimate of drug-likeness (QED) is 0.358. The van der Waals surface area contributed by atoms with Crippen molar-refractivity contribution in [3.63, 3.8) is 0 Å². The second kappa shape index (κ2) is 8.15. The molecule has 32 heavy (non-hydrogen) atoms. The van der Waals surface area contributed by atoms with E-state index in [1.54, 1.807) is 6.92 Å². The topological polar surface area (TPSA) is 163 Å². The van der Waals surface area contributed by atoms with Crippen molar-refractivity contribution in [2.24, 2.45) is 0 Å². The Kier molecular flexibility index (Phi) is 5.65. The Balaban J connectivity index is 1.82. The number of phenolic OH excluding ortho intramolecular Hbond substituents is 1. The number of aliphatic hydroxyl groups excluding tert-OH is 4. The number of ketones is 2. The van der Waals surface area contributed by atoms with Crippen molar-refractivity contribution in [3.8, 4) is 17.2 Å². The van der Waals surface area contributed by atoms with Gasteiger partial charge in [-0.3, -0.25) is 9.59 Å². The fourth-order valence-corrected chi connectivity index (χ4v) is 3.96. The highest BCUT2D eigenvalue weighted by atomic mass is 16.7. The van der Waals surface area contributed by atoms with Crippen LogP contribution in [0, 0.1) is 6.92 Å². The number of hydrogen-bond donors (Lipinski definition) is 5. The molecule has 10 nitrogen and oxygen atoms in total. The number of aliphatic hydroxyl groups is 4. The van der Waals surface area contributed by atoms with Gasteiger partial charge < -0.3 is 39.7 Å². The lowest BCUT2D eigenvalue weighted by Crippen LogP contribution is -2.60. The van der Waals surface area contributed by atoms with E-state index in [1.807, 2.05) is 0 Å². The molecule has 1 aliphatic carbocycles. The summed E-state index contributed by atoms with van der Waals surface area (Å²) in [6, 6.07) is 5.51. The van der Waals surface area contributed by atoms with Crippen LogP contribution in [0.1, 0.15) is 37.4 Å². The number of aromatic hydroxyl groups is 1. The average Bonchev–Trinajstić information content (AvgIpc) is 2.76. The first-order valence-electron chi connectivity index (χ1n) is 9.80. The molecule has 4 rings (SSSR count). The smallest absolute Gasteiger partial charge is 0.229 e. The molecule has 10 heteroatoms. The van der Waals surface area contributed by atoms with Crippen LogP contribution in [-0.4, -0.2) is 81.5 Å². The minimum Gasteiger partial charge on any atom is -0.507 e. The van der Waals surface area contributed by atoms with Gasteiger partial charge in [0.15, 0.2) is 5.78 Å². The van der Waals surface area contributed by atoms with Crippen molar-refractivity contribution >= 4 is 11.6 Å². The molecule has 170 valence electrons. The Labute approximate surface area is 182 Å². The second-order valence-corrected chi connectivity index (χ2v) is 7.73. The van der Waals surface area contributed by atoms with Gasteiger partial charge in [-0.25, -0.2) is 0 Å². The zero-order chi connectivity index (χ0) is 23.3. The number of phenols is 1. The Hall–Kier alpha value is -3.02. The van der Waals surface area contributed by atoms with Gasteiger partial charge in [0.2, 0.25) is 12.1 Å². The second-order valence-electron chi connectivity index (χ2n) is 7.73. The minimum absolute atomic E-state index is 0.0343. The van der Waals surface area contributed by atoms with Crippen LogP contribution in [0.4, 0.5) is 0 Å². The third kappa shape index (κ3) is 3.42. The van der Waals surface area contributed by atoms with Gasteiger partial charge in [-0.15, -0.1) is 0 Å². The summed E-state index contributed by atoms with van der Waals surface area (Å²) in [5.41, 5.74) is 0.223. The van der Waals surface area contributed by atoms with Crippen molar-refractivity contribution in [1.29, 1.82) is 0 Å². The highest BCUT2D eigenvalue weighted by molar-refractivity contribution is 6.30. The summed E-state index contributed by atoms with van der Waals surface area (Å²) in [5, 5.41) is 50.0. The summed E-state index contributed by atoms with van der Waals surface area (Å²) < 4.78 is 16.2. The molecule has 2 aromatic carbocycles. The molecule has 0 radical (unpaired) electrons. The number of methoxy groups -OCH3 is 1. The molecule has 0 amide bonds. The summed E-state index contributed by atoms with van der Waals surface area (Å²) >= 11 is 0. The molecule has 5 N–H and O–H groups in total. The van der Waals surface area contributed by atoms with E-state index >= 15 is 0 Å². The lowest BCUT2D eigenvalue weighted by atomic mass is 9.82. The fourth-order valence-electron chi connectivity index (χ4n) is 3.96. The van der Waals surface area contributed by atoms with Gasteiger partial charge in [0.1, 0.15) is 41.7 Å². The number of fused-ring (bicyclic) bond motifs is 2. The first-order chi connectivity index (χ1) is 15.2. The van der Waals surface area contributed by atoms with Crippen LogP contribution in [0.5, 0.6) is 17.2 Å². The average molecular weight is 446 g/mol. The van der Waals surface area contributed by atoms with E-state index in [4.69, 9.17) is 14.2 Å². The van der Waals surface area contributed by atoms with Crippen LogP contribution in [0.2, 0.25) is 0 Å². The van der Waals surface area contributed by atoms with Gasteiger partial charge in [-0.1, -0.05) is 0 Å². The summed E-state index contributed by atoms with van der Waals surface area (Å²) in [5.74, 6) is -1.61. The van der Waals surface area contributed by atoms with Gasteiger partial charge in [-0.05, 0) is 30.7 Å². The Bertz CT molecular complexity index is 1090. The number of benzene rings is 2. The first kappa shape index (κ1) is 22.2. The Morgan fingerprint density at radius 3 is 2.28 bits per heavy atom. The monoisotopic (exact) mass is 446 g/mol. The molecular weight excluding hydrogens is 424 g/mol. The van der Waals surface area contributed by atoms with E-state index in [2.05, 4.69) is 0 Å². The van der Waals surface area contributed by atoms with E-state index < -0.39 is 48.9 Å². The SMILES string of the molecule is COc1cc(O[C@@H]2OC(CO)[C@@H](O)C(O)C2O)c2c(c1)C(=O)c1cc(C)cc(O)c1C2=O. The number of ether oxygens (including phenoxy) is 3. The molecular formula is C22H22O10. The van der Waals surface area contributed by atoms with Crippen LogP contribution >= 0.6 is 0 Å². The van der Waals surface area contributed by atoms with Crippen LogP contribution in [0.15, 0.2) is 24.3 Å². The molecule has 0 spiro atoms. The molecule has 1 fully saturated rings. The van der Waals surface area contributed by atoms with Crippen LogP contribution in [0.25, 0.3) is 0 Å². The first-order valence-corrected chi connectivity index (χ1v) is 9.80. The van der Waals surface area contributed by atoms with Crippen molar-refractivity contribution in [2.45, 2.75) is 37.6 Å². The van der Waals surface area contributed by atoms with E-state index in [0.29, 0.717) is 5.56 Å². The van der Waals surface area contributed by atoms with Gasteiger partial charge in [-0.2, -0.15) is 0 Å². The molecule has 3 unspecified atom stereocenters. The Morgan fingerprint density at radius 2 is 1.62 bits per heavy atom. The number of carbonyl (C=O) groups excluding carboxylic acids is 2. The molecule has 0 bridgehead atoms. The predicted molar refractivity (Wildman–Crippen MR) is 107 cm³/mol. The molecule has 5 atom stereocenters.